The normalized spacial score (nSPS) is 17.3. The van der Waals surface area contributed by atoms with Gasteiger partial charge in [-0.3, -0.25) is 5.14 Å². The molecule has 182 valence electrons. The second-order valence-electron chi connectivity index (χ2n) is 9.41. The highest BCUT2D eigenvalue weighted by molar-refractivity contribution is 7.98. The van der Waals surface area contributed by atoms with E-state index >= 15 is 0 Å². The summed E-state index contributed by atoms with van der Waals surface area (Å²) in [5, 5.41) is 26.5. The first-order valence-corrected chi connectivity index (χ1v) is 13.7. The number of aliphatic hydroxyl groups is 1. The number of aromatic nitrogens is 3. The Kier molecular flexibility index (Phi) is 5.42. The zero-order chi connectivity index (χ0) is 24.9. The molecule has 1 unspecified atom stereocenters. The van der Waals surface area contributed by atoms with Gasteiger partial charge in [0.25, 0.3) is 0 Å². The van der Waals surface area contributed by atoms with Crippen LogP contribution in [-0.2, 0) is 15.3 Å². The summed E-state index contributed by atoms with van der Waals surface area (Å²) in [6, 6.07) is 19.5. The van der Waals surface area contributed by atoms with E-state index in [2.05, 4.69) is 16.3 Å². The van der Waals surface area contributed by atoms with Crippen molar-refractivity contribution in [3.8, 4) is 22.3 Å². The second kappa shape index (κ2) is 8.53. The summed E-state index contributed by atoms with van der Waals surface area (Å²) in [6.07, 6.45) is 7.02. The number of rotatable bonds is 4. The number of nitrogens with one attached hydrogen (secondary N) is 1. The molecule has 1 aliphatic rings. The van der Waals surface area contributed by atoms with E-state index in [1.165, 1.54) is 0 Å². The largest absolute Gasteiger partial charge is 0.385 e. The van der Waals surface area contributed by atoms with Gasteiger partial charge in [0.2, 0.25) is 0 Å². The number of nitrogens with zero attached hydrogens (tertiary/aromatic N) is 3. The smallest absolute Gasteiger partial charge is 0.162 e. The van der Waals surface area contributed by atoms with Crippen LogP contribution in [0.15, 0.2) is 84.1 Å². The Balaban J connectivity index is 1.38. The maximum absolute atomic E-state index is 12.5. The highest BCUT2D eigenvalue weighted by atomic mass is 32.2. The maximum atomic E-state index is 12.5. The summed E-state index contributed by atoms with van der Waals surface area (Å²) in [7, 11) is -2.86. The first kappa shape index (κ1) is 22.9. The van der Waals surface area contributed by atoms with Gasteiger partial charge in [-0.1, -0.05) is 54.6 Å². The van der Waals surface area contributed by atoms with E-state index in [1.54, 1.807) is 16.8 Å². The Labute approximate surface area is 209 Å². The van der Waals surface area contributed by atoms with Gasteiger partial charge in [-0.15, -0.1) is 0 Å². The van der Waals surface area contributed by atoms with E-state index in [-0.39, 0.29) is 0 Å². The van der Waals surface area contributed by atoms with Crippen LogP contribution in [0.2, 0.25) is 0 Å². The Morgan fingerprint density at radius 2 is 1.67 bits per heavy atom. The quantitative estimate of drug-likeness (QED) is 0.328. The van der Waals surface area contributed by atoms with Crippen LogP contribution in [0.1, 0.15) is 18.4 Å². The molecule has 0 bridgehead atoms. The zero-order valence-electron chi connectivity index (χ0n) is 19.7. The average molecular weight is 498 g/mol. The minimum atomic E-state index is -2.86. The molecule has 0 radical (unpaired) electrons. The molecule has 1 atom stereocenters. The van der Waals surface area contributed by atoms with Crippen molar-refractivity contribution >= 4 is 32.0 Å². The minimum Gasteiger partial charge on any atom is -0.385 e. The Hall–Kier alpha value is -3.56. The fraction of sp³-hybridized carbons (Fsp3) is 0.179. The summed E-state index contributed by atoms with van der Waals surface area (Å²) < 4.78 is 14.3. The van der Waals surface area contributed by atoms with Crippen LogP contribution in [-0.4, -0.2) is 42.9 Å². The number of fused-ring (bicyclic) bond motifs is 2. The standard InChI is InChI=1S/C28H27N5O2S/c1-36(29,35)26-11-10-23(22-4-2-3-5-24(22)26)25-17-32-33-18-20(16-31-27(25)33)19-6-8-21(9-7-19)28(34)12-14-30-15-13-28/h2-11,16-18,30,34H,1,12-15H2,(H2,29,35). The van der Waals surface area contributed by atoms with Crippen LogP contribution in [0.3, 0.4) is 0 Å². The third kappa shape index (κ3) is 3.88. The molecule has 0 saturated carbocycles. The van der Waals surface area contributed by atoms with Gasteiger partial charge in [0.05, 0.1) is 26.4 Å². The molecule has 0 amide bonds. The fourth-order valence-electron chi connectivity index (χ4n) is 5.12. The van der Waals surface area contributed by atoms with E-state index in [0.717, 1.165) is 57.3 Å². The fourth-order valence-corrected chi connectivity index (χ4v) is 5.97. The highest BCUT2D eigenvalue weighted by Gasteiger charge is 2.30. The van der Waals surface area contributed by atoms with Crippen molar-refractivity contribution in [1.29, 1.82) is 0 Å². The molecule has 3 aromatic carbocycles. The minimum absolute atomic E-state index is 0.533. The molecule has 8 heteroatoms. The van der Waals surface area contributed by atoms with Crippen LogP contribution in [0.5, 0.6) is 0 Å². The molecule has 36 heavy (non-hydrogen) atoms. The van der Waals surface area contributed by atoms with Gasteiger partial charge in [0, 0.05) is 23.5 Å². The summed E-state index contributed by atoms with van der Waals surface area (Å²) in [6.45, 7) is 1.64. The number of nitrogens with two attached hydrogens (primary N) is 1. The molecule has 6 rings (SSSR count). The third-order valence-electron chi connectivity index (χ3n) is 7.09. The summed E-state index contributed by atoms with van der Waals surface area (Å²) >= 11 is 0. The first-order chi connectivity index (χ1) is 17.3. The molecule has 2 aromatic heterocycles. The lowest BCUT2D eigenvalue weighted by molar-refractivity contribution is 0.00595. The molecule has 0 spiro atoms. The van der Waals surface area contributed by atoms with E-state index in [9.17, 15) is 9.32 Å². The summed E-state index contributed by atoms with van der Waals surface area (Å²) in [5.74, 6) is 3.67. The molecule has 1 saturated heterocycles. The van der Waals surface area contributed by atoms with E-state index < -0.39 is 15.3 Å². The van der Waals surface area contributed by atoms with Crippen molar-refractivity contribution in [2.75, 3.05) is 13.1 Å². The van der Waals surface area contributed by atoms with Crippen LogP contribution in [0.4, 0.5) is 0 Å². The van der Waals surface area contributed by atoms with Gasteiger partial charge < -0.3 is 10.4 Å². The highest BCUT2D eigenvalue weighted by Crippen LogP contribution is 2.35. The number of hydrogen-bond acceptors (Lipinski definition) is 5. The molecular formula is C28H27N5O2S. The van der Waals surface area contributed by atoms with E-state index in [1.807, 2.05) is 67.0 Å². The van der Waals surface area contributed by atoms with Gasteiger partial charge in [0.1, 0.15) is 0 Å². The van der Waals surface area contributed by atoms with Crippen molar-refractivity contribution in [1.82, 2.24) is 19.9 Å². The SMILES string of the molecule is C=S(N)(=O)c1ccc(-c2cnn3cc(-c4ccc(C5(O)CCNCC5)cc4)cnc23)c2ccccc12. The van der Waals surface area contributed by atoms with Crippen LogP contribution in [0, 0.1) is 0 Å². The Bertz CT molecular complexity index is 1700. The molecular weight excluding hydrogens is 470 g/mol. The van der Waals surface area contributed by atoms with Crippen molar-refractivity contribution < 1.29 is 9.32 Å². The number of benzene rings is 3. The predicted octanol–water partition coefficient (Wildman–Crippen LogP) is 3.74. The van der Waals surface area contributed by atoms with Crippen molar-refractivity contribution in [3.05, 3.63) is 84.8 Å². The van der Waals surface area contributed by atoms with Crippen molar-refractivity contribution in [2.24, 2.45) is 5.14 Å². The first-order valence-electron chi connectivity index (χ1n) is 11.9. The zero-order valence-corrected chi connectivity index (χ0v) is 20.5. The molecule has 5 aromatic rings. The lowest BCUT2D eigenvalue weighted by Gasteiger charge is -2.33. The molecule has 1 fully saturated rings. The van der Waals surface area contributed by atoms with Crippen LogP contribution in [0.25, 0.3) is 38.7 Å². The number of piperidine rings is 1. The second-order valence-corrected chi connectivity index (χ2v) is 11.3. The summed E-state index contributed by atoms with van der Waals surface area (Å²) in [4.78, 5) is 5.28. The van der Waals surface area contributed by atoms with Gasteiger partial charge in [-0.2, -0.15) is 5.10 Å². The molecule has 0 aliphatic carbocycles. The molecule has 1 aliphatic heterocycles. The average Bonchev–Trinajstić information content (AvgIpc) is 3.31. The number of hydrogen-bond donors (Lipinski definition) is 3. The van der Waals surface area contributed by atoms with E-state index in [0.29, 0.717) is 17.7 Å². The van der Waals surface area contributed by atoms with Gasteiger partial charge in [-0.05, 0) is 65.3 Å². The van der Waals surface area contributed by atoms with Crippen molar-refractivity contribution in [3.63, 3.8) is 0 Å². The van der Waals surface area contributed by atoms with Crippen molar-refractivity contribution in [2.45, 2.75) is 23.3 Å². The molecule has 7 nitrogen and oxygen atoms in total. The monoisotopic (exact) mass is 497 g/mol. The predicted molar refractivity (Wildman–Crippen MR) is 145 cm³/mol. The topological polar surface area (TPSA) is 106 Å². The van der Waals surface area contributed by atoms with E-state index in [4.69, 9.17) is 10.1 Å². The van der Waals surface area contributed by atoms with Crippen LogP contribution < -0.4 is 10.5 Å². The maximum Gasteiger partial charge on any atom is 0.162 e. The third-order valence-corrected chi connectivity index (χ3v) is 8.19. The molecule has 3 heterocycles. The Morgan fingerprint density at radius 3 is 2.39 bits per heavy atom. The lowest BCUT2D eigenvalue weighted by Crippen LogP contribution is -2.39. The van der Waals surface area contributed by atoms with Crippen LogP contribution >= 0.6 is 0 Å². The lowest BCUT2D eigenvalue weighted by atomic mass is 9.84. The van der Waals surface area contributed by atoms with Gasteiger partial charge >= 0.3 is 0 Å². The Morgan fingerprint density at radius 1 is 0.944 bits per heavy atom. The van der Waals surface area contributed by atoms with Gasteiger partial charge in [-0.25, -0.2) is 13.7 Å². The summed E-state index contributed by atoms with van der Waals surface area (Å²) in [5.41, 5.74) is 4.65. The van der Waals surface area contributed by atoms with Gasteiger partial charge in [0.15, 0.2) is 5.65 Å². The molecule has 4 N–H and O–H groups in total.